The zero-order valence-electron chi connectivity index (χ0n) is 15.7. The van der Waals surface area contributed by atoms with Gasteiger partial charge in [-0.1, -0.05) is 36.4 Å². The van der Waals surface area contributed by atoms with Crippen LogP contribution in [0, 0.1) is 12.8 Å². The smallest absolute Gasteiger partial charge is 0.338 e. The summed E-state index contributed by atoms with van der Waals surface area (Å²) in [6, 6.07) is 15.5. The molecule has 1 aliphatic rings. The van der Waals surface area contributed by atoms with Gasteiger partial charge in [0.15, 0.2) is 0 Å². The Bertz CT molecular complexity index is 818. The second-order valence-corrected chi connectivity index (χ2v) is 7.02. The molecule has 0 amide bonds. The van der Waals surface area contributed by atoms with Crippen molar-refractivity contribution in [3.63, 3.8) is 0 Å². The summed E-state index contributed by atoms with van der Waals surface area (Å²) in [5.41, 5.74) is 3.56. The lowest BCUT2D eigenvalue weighted by Gasteiger charge is -2.19. The van der Waals surface area contributed by atoms with Gasteiger partial charge >= 0.3 is 11.9 Å². The van der Waals surface area contributed by atoms with Crippen molar-refractivity contribution in [3.8, 4) is 0 Å². The highest BCUT2D eigenvalue weighted by Crippen LogP contribution is 2.36. The molecule has 1 heterocycles. The van der Waals surface area contributed by atoms with Gasteiger partial charge in [-0.15, -0.1) is 0 Å². The zero-order chi connectivity index (χ0) is 19.4. The molecule has 2 unspecified atom stereocenters. The average Bonchev–Trinajstić information content (AvgIpc) is 3.07. The lowest BCUT2D eigenvalue weighted by Crippen LogP contribution is -2.23. The Hall–Kier alpha value is -2.66. The maximum Gasteiger partial charge on any atom is 0.338 e. The van der Waals surface area contributed by atoms with Crippen molar-refractivity contribution in [1.29, 1.82) is 0 Å². The van der Waals surface area contributed by atoms with Crippen molar-refractivity contribution < 1.29 is 19.4 Å². The summed E-state index contributed by atoms with van der Waals surface area (Å²) in [7, 11) is 0. The number of likely N-dealkylation sites (tertiary alicyclic amines) is 1. The Kier molecular flexibility index (Phi) is 5.91. The first-order valence-electron chi connectivity index (χ1n) is 9.26. The Balaban J connectivity index is 1.86. The number of hydrogen-bond acceptors (Lipinski definition) is 4. The Morgan fingerprint density at radius 1 is 1.15 bits per heavy atom. The van der Waals surface area contributed by atoms with E-state index >= 15 is 0 Å². The summed E-state index contributed by atoms with van der Waals surface area (Å²) >= 11 is 0. The van der Waals surface area contributed by atoms with Gasteiger partial charge in [-0.3, -0.25) is 9.69 Å². The summed E-state index contributed by atoms with van der Waals surface area (Å²) in [4.78, 5) is 26.2. The van der Waals surface area contributed by atoms with E-state index in [1.807, 2.05) is 31.2 Å². The number of carboxylic acid groups (broad SMARTS) is 1. The maximum atomic E-state index is 12.1. The van der Waals surface area contributed by atoms with Gasteiger partial charge < -0.3 is 9.84 Å². The fourth-order valence-corrected chi connectivity index (χ4v) is 3.80. The van der Waals surface area contributed by atoms with E-state index in [9.17, 15) is 14.7 Å². The Labute approximate surface area is 159 Å². The van der Waals surface area contributed by atoms with Crippen LogP contribution in [0.1, 0.15) is 39.9 Å². The predicted molar refractivity (Wildman–Crippen MR) is 103 cm³/mol. The van der Waals surface area contributed by atoms with Crippen LogP contribution in [0.4, 0.5) is 0 Å². The number of nitrogens with zero attached hydrogens (tertiary/aromatic N) is 1. The molecule has 0 aromatic heterocycles. The molecule has 1 fully saturated rings. The summed E-state index contributed by atoms with van der Waals surface area (Å²) in [6.45, 7) is 5.91. The van der Waals surface area contributed by atoms with E-state index in [1.54, 1.807) is 19.1 Å². The SMILES string of the molecule is CCOC(=O)c1ccc(C)c(C2CN(Cc3ccccc3)CC2C(=O)O)c1. The van der Waals surface area contributed by atoms with Gasteiger partial charge in [0.1, 0.15) is 0 Å². The third kappa shape index (κ3) is 4.37. The molecule has 1 aliphatic heterocycles. The van der Waals surface area contributed by atoms with Gasteiger partial charge in [-0.2, -0.15) is 0 Å². The number of aliphatic carboxylic acids is 1. The number of carbonyl (C=O) groups is 2. The van der Waals surface area contributed by atoms with Gasteiger partial charge in [-0.25, -0.2) is 4.79 Å². The first-order chi connectivity index (χ1) is 13.0. The van der Waals surface area contributed by atoms with Crippen molar-refractivity contribution in [1.82, 2.24) is 4.90 Å². The lowest BCUT2D eigenvalue weighted by atomic mass is 9.85. The van der Waals surface area contributed by atoms with E-state index < -0.39 is 11.9 Å². The van der Waals surface area contributed by atoms with Crippen molar-refractivity contribution in [2.24, 2.45) is 5.92 Å². The predicted octanol–water partition coefficient (Wildman–Crippen LogP) is 3.47. The lowest BCUT2D eigenvalue weighted by molar-refractivity contribution is -0.141. The fraction of sp³-hybridized carbons (Fsp3) is 0.364. The molecule has 5 heteroatoms. The molecule has 0 bridgehead atoms. The van der Waals surface area contributed by atoms with Crippen LogP contribution in [0.25, 0.3) is 0 Å². The highest BCUT2D eigenvalue weighted by atomic mass is 16.5. The molecular weight excluding hydrogens is 342 g/mol. The standard InChI is InChI=1S/C22H25NO4/c1-3-27-22(26)17-10-9-15(2)18(11-17)19-13-23(14-20(19)21(24)25)12-16-7-5-4-6-8-16/h4-11,19-20H,3,12-14H2,1-2H3,(H,24,25). The van der Waals surface area contributed by atoms with Crippen molar-refractivity contribution in [2.45, 2.75) is 26.3 Å². The van der Waals surface area contributed by atoms with Crippen LogP contribution in [-0.4, -0.2) is 41.6 Å². The van der Waals surface area contributed by atoms with Gasteiger partial charge in [0.05, 0.1) is 18.1 Å². The molecule has 1 saturated heterocycles. The summed E-state index contributed by atoms with van der Waals surface area (Å²) in [5.74, 6) is -1.81. The molecule has 0 aliphatic carbocycles. The van der Waals surface area contributed by atoms with Crippen LogP contribution in [0.2, 0.25) is 0 Å². The highest BCUT2D eigenvalue weighted by Gasteiger charge is 2.39. The van der Waals surface area contributed by atoms with E-state index in [0.717, 1.165) is 17.7 Å². The molecule has 0 saturated carbocycles. The molecule has 0 radical (unpaired) electrons. The van der Waals surface area contributed by atoms with Crippen LogP contribution >= 0.6 is 0 Å². The fourth-order valence-electron chi connectivity index (χ4n) is 3.80. The van der Waals surface area contributed by atoms with Gasteiger partial charge in [-0.05, 0) is 42.7 Å². The summed E-state index contributed by atoms with van der Waals surface area (Å²) < 4.78 is 5.09. The summed E-state index contributed by atoms with van der Waals surface area (Å²) in [5, 5.41) is 9.76. The van der Waals surface area contributed by atoms with E-state index in [1.165, 1.54) is 5.56 Å². The minimum Gasteiger partial charge on any atom is -0.481 e. The first-order valence-corrected chi connectivity index (χ1v) is 9.26. The van der Waals surface area contributed by atoms with Gasteiger partial charge in [0, 0.05) is 25.6 Å². The number of aryl methyl sites for hydroxylation is 1. The second-order valence-electron chi connectivity index (χ2n) is 7.02. The molecular formula is C22H25NO4. The Morgan fingerprint density at radius 2 is 1.89 bits per heavy atom. The molecule has 2 aromatic carbocycles. The quantitative estimate of drug-likeness (QED) is 0.792. The zero-order valence-corrected chi connectivity index (χ0v) is 15.7. The van der Waals surface area contributed by atoms with Crippen LogP contribution in [0.5, 0.6) is 0 Å². The Morgan fingerprint density at radius 3 is 2.56 bits per heavy atom. The monoisotopic (exact) mass is 367 g/mol. The van der Waals surface area contributed by atoms with Crippen LogP contribution in [-0.2, 0) is 16.1 Å². The van der Waals surface area contributed by atoms with E-state index in [0.29, 0.717) is 25.3 Å². The molecule has 142 valence electrons. The molecule has 2 atom stereocenters. The van der Waals surface area contributed by atoms with Gasteiger partial charge in [0.2, 0.25) is 0 Å². The highest BCUT2D eigenvalue weighted by molar-refractivity contribution is 5.89. The molecule has 0 spiro atoms. The van der Waals surface area contributed by atoms with Crippen LogP contribution in [0.15, 0.2) is 48.5 Å². The molecule has 3 rings (SSSR count). The number of benzene rings is 2. The number of ether oxygens (including phenoxy) is 1. The number of hydrogen-bond donors (Lipinski definition) is 1. The average molecular weight is 367 g/mol. The van der Waals surface area contributed by atoms with E-state index in [4.69, 9.17) is 4.74 Å². The van der Waals surface area contributed by atoms with Gasteiger partial charge in [0.25, 0.3) is 0 Å². The molecule has 5 nitrogen and oxygen atoms in total. The second kappa shape index (κ2) is 8.35. The maximum absolute atomic E-state index is 12.1. The third-order valence-electron chi connectivity index (χ3n) is 5.15. The number of esters is 1. The topological polar surface area (TPSA) is 66.8 Å². The summed E-state index contributed by atoms with van der Waals surface area (Å²) in [6.07, 6.45) is 0. The van der Waals surface area contributed by atoms with Crippen LogP contribution < -0.4 is 0 Å². The molecule has 2 aromatic rings. The largest absolute Gasteiger partial charge is 0.481 e. The van der Waals surface area contributed by atoms with E-state index in [2.05, 4.69) is 17.0 Å². The normalized spacial score (nSPS) is 19.8. The van der Waals surface area contributed by atoms with E-state index in [-0.39, 0.29) is 11.9 Å². The van der Waals surface area contributed by atoms with Crippen LogP contribution in [0.3, 0.4) is 0 Å². The first kappa shape index (κ1) is 19.1. The molecule has 27 heavy (non-hydrogen) atoms. The third-order valence-corrected chi connectivity index (χ3v) is 5.15. The minimum atomic E-state index is -0.795. The number of carboxylic acids is 1. The minimum absolute atomic E-state index is 0.152. The number of rotatable bonds is 6. The molecule has 1 N–H and O–H groups in total. The van der Waals surface area contributed by atoms with Crippen molar-refractivity contribution >= 4 is 11.9 Å². The van der Waals surface area contributed by atoms with Crippen molar-refractivity contribution in [3.05, 3.63) is 70.8 Å². The number of carbonyl (C=O) groups excluding carboxylic acids is 1. The van der Waals surface area contributed by atoms with Crippen molar-refractivity contribution in [2.75, 3.05) is 19.7 Å².